The van der Waals surface area contributed by atoms with E-state index >= 15 is 0 Å². The fraction of sp³-hybridized carbons (Fsp3) is 0.0870. The molecule has 3 nitrogen and oxygen atoms in total. The highest BCUT2D eigenvalue weighted by atomic mass is 35.5. The van der Waals surface area contributed by atoms with Gasteiger partial charge in [-0.1, -0.05) is 54.1 Å². The summed E-state index contributed by atoms with van der Waals surface area (Å²) in [5, 5.41) is 11.4. The molecule has 0 bridgehead atoms. The van der Waals surface area contributed by atoms with E-state index in [0.717, 1.165) is 16.7 Å². The Balaban J connectivity index is 1.70. The highest BCUT2D eigenvalue weighted by Gasteiger charge is 2.15. The van der Waals surface area contributed by atoms with Crippen molar-refractivity contribution in [3.8, 4) is 16.9 Å². The van der Waals surface area contributed by atoms with E-state index in [4.69, 9.17) is 11.6 Å². The predicted molar refractivity (Wildman–Crippen MR) is 111 cm³/mol. The van der Waals surface area contributed by atoms with Crippen LogP contribution in [0.25, 0.3) is 22.0 Å². The molecule has 0 saturated heterocycles. The lowest BCUT2D eigenvalue weighted by Gasteiger charge is -2.12. The van der Waals surface area contributed by atoms with Gasteiger partial charge in [-0.15, -0.1) is 0 Å². The third kappa shape index (κ3) is 3.16. The first-order valence-corrected chi connectivity index (χ1v) is 9.17. The zero-order valence-electron chi connectivity index (χ0n) is 15.1. The van der Waals surface area contributed by atoms with Crippen molar-refractivity contribution in [3.63, 3.8) is 0 Å². The average Bonchev–Trinajstić information content (AvgIpc) is 2.72. The molecule has 140 valence electrons. The van der Waals surface area contributed by atoms with Crippen molar-refractivity contribution < 1.29 is 9.50 Å². The first-order chi connectivity index (χ1) is 13.5. The maximum absolute atomic E-state index is 13.4. The maximum atomic E-state index is 13.4. The Labute approximate surface area is 166 Å². The minimum atomic E-state index is -0.454. The van der Waals surface area contributed by atoms with Gasteiger partial charge in [-0.25, -0.2) is 4.39 Å². The van der Waals surface area contributed by atoms with Gasteiger partial charge in [0.1, 0.15) is 11.6 Å². The van der Waals surface area contributed by atoms with Gasteiger partial charge in [-0.3, -0.25) is 4.79 Å². The van der Waals surface area contributed by atoms with Crippen molar-refractivity contribution in [2.24, 2.45) is 7.05 Å². The molecule has 0 unspecified atom stereocenters. The summed E-state index contributed by atoms with van der Waals surface area (Å²) in [5.41, 5.74) is 3.42. The average molecular weight is 394 g/mol. The monoisotopic (exact) mass is 393 g/mol. The predicted octanol–water partition coefficient (Wildman–Crippen LogP) is 5.29. The quantitative estimate of drug-likeness (QED) is 0.513. The van der Waals surface area contributed by atoms with Gasteiger partial charge in [0, 0.05) is 18.9 Å². The van der Waals surface area contributed by atoms with Crippen LogP contribution >= 0.6 is 11.6 Å². The molecule has 0 aliphatic heterocycles. The fourth-order valence-corrected chi connectivity index (χ4v) is 3.58. The molecule has 0 aliphatic rings. The van der Waals surface area contributed by atoms with Crippen molar-refractivity contribution in [2.45, 2.75) is 6.42 Å². The van der Waals surface area contributed by atoms with Crippen LogP contribution in [0.3, 0.4) is 0 Å². The molecule has 0 atom stereocenters. The van der Waals surface area contributed by atoms with Crippen LogP contribution in [0.2, 0.25) is 5.02 Å². The lowest BCUT2D eigenvalue weighted by Crippen LogP contribution is -2.21. The van der Waals surface area contributed by atoms with Crippen LogP contribution in [0.4, 0.5) is 4.39 Å². The van der Waals surface area contributed by atoms with Gasteiger partial charge in [-0.05, 0) is 41.0 Å². The van der Waals surface area contributed by atoms with Crippen molar-refractivity contribution in [1.29, 1.82) is 0 Å². The first kappa shape index (κ1) is 18.3. The summed E-state index contributed by atoms with van der Waals surface area (Å²) in [6.45, 7) is 0. The van der Waals surface area contributed by atoms with Crippen LogP contribution in [-0.4, -0.2) is 9.67 Å². The number of aromatic hydroxyl groups is 1. The Hall–Kier alpha value is -3.11. The van der Waals surface area contributed by atoms with Crippen LogP contribution in [0.1, 0.15) is 11.1 Å². The first-order valence-electron chi connectivity index (χ1n) is 8.79. The lowest BCUT2D eigenvalue weighted by atomic mass is 9.99. The summed E-state index contributed by atoms with van der Waals surface area (Å²) < 4.78 is 14.9. The number of para-hydroxylation sites is 1. The number of hydrogen-bond donors (Lipinski definition) is 1. The standard InChI is InChI=1S/C23H17ClFNO2/c1-26-21-5-3-2-4-17(21)22(27)18(23(26)28)12-14-6-8-15(9-7-14)16-10-11-20(25)19(24)13-16/h2-11,13,27H,12H2,1H3. The van der Waals surface area contributed by atoms with Gasteiger partial charge in [0.25, 0.3) is 5.56 Å². The highest BCUT2D eigenvalue weighted by molar-refractivity contribution is 6.31. The van der Waals surface area contributed by atoms with Crippen molar-refractivity contribution in [3.05, 3.63) is 99.1 Å². The molecule has 0 spiro atoms. The van der Waals surface area contributed by atoms with Crippen LogP contribution in [0.15, 0.2) is 71.5 Å². The molecule has 5 heteroatoms. The van der Waals surface area contributed by atoms with Crippen LogP contribution in [0.5, 0.6) is 5.75 Å². The minimum Gasteiger partial charge on any atom is -0.507 e. The van der Waals surface area contributed by atoms with E-state index in [2.05, 4.69) is 0 Å². The van der Waals surface area contributed by atoms with Crippen molar-refractivity contribution in [1.82, 2.24) is 4.57 Å². The van der Waals surface area contributed by atoms with E-state index in [-0.39, 0.29) is 16.3 Å². The molecule has 4 rings (SSSR count). The molecule has 0 saturated carbocycles. The van der Waals surface area contributed by atoms with Gasteiger partial charge >= 0.3 is 0 Å². The van der Waals surface area contributed by atoms with Crippen molar-refractivity contribution >= 4 is 22.5 Å². The van der Waals surface area contributed by atoms with Gasteiger partial charge in [0.2, 0.25) is 0 Å². The van der Waals surface area contributed by atoms with E-state index in [1.807, 2.05) is 42.5 Å². The number of halogens is 2. The summed E-state index contributed by atoms with van der Waals surface area (Å²) in [6, 6.07) is 19.4. The summed E-state index contributed by atoms with van der Waals surface area (Å²) in [4.78, 5) is 12.7. The summed E-state index contributed by atoms with van der Waals surface area (Å²) in [7, 11) is 1.70. The summed E-state index contributed by atoms with van der Waals surface area (Å²) in [5.74, 6) is -0.433. The SMILES string of the molecule is Cn1c(=O)c(Cc2ccc(-c3ccc(F)c(Cl)c3)cc2)c(O)c2ccccc21. The summed E-state index contributed by atoms with van der Waals surface area (Å²) in [6.07, 6.45) is 0.313. The Morgan fingerprint density at radius 2 is 1.68 bits per heavy atom. The number of aryl methyl sites for hydroxylation is 1. The Bertz CT molecular complexity index is 1250. The second-order valence-corrected chi connectivity index (χ2v) is 7.12. The molecule has 0 amide bonds. The molecule has 0 radical (unpaired) electrons. The second kappa shape index (κ2) is 7.13. The zero-order valence-corrected chi connectivity index (χ0v) is 15.9. The van der Waals surface area contributed by atoms with E-state index in [1.165, 1.54) is 6.07 Å². The van der Waals surface area contributed by atoms with Crippen LogP contribution in [-0.2, 0) is 13.5 Å². The van der Waals surface area contributed by atoms with Gasteiger partial charge in [0.05, 0.1) is 16.1 Å². The van der Waals surface area contributed by atoms with E-state index < -0.39 is 5.82 Å². The molecule has 1 N–H and O–H groups in total. The van der Waals surface area contributed by atoms with Crippen molar-refractivity contribution in [2.75, 3.05) is 0 Å². The third-order valence-corrected chi connectivity index (χ3v) is 5.25. The molecule has 0 aliphatic carbocycles. The van der Waals surface area contributed by atoms with Gasteiger partial charge in [-0.2, -0.15) is 0 Å². The number of benzene rings is 3. The normalized spacial score (nSPS) is 11.1. The largest absolute Gasteiger partial charge is 0.507 e. The number of nitrogens with zero attached hydrogens (tertiary/aromatic N) is 1. The highest BCUT2D eigenvalue weighted by Crippen LogP contribution is 2.29. The van der Waals surface area contributed by atoms with Crippen LogP contribution < -0.4 is 5.56 Å². The molecular formula is C23H17ClFNO2. The third-order valence-electron chi connectivity index (χ3n) is 4.96. The van der Waals surface area contributed by atoms with E-state index in [0.29, 0.717) is 22.9 Å². The topological polar surface area (TPSA) is 42.2 Å². The van der Waals surface area contributed by atoms with Gasteiger partial charge in [0.15, 0.2) is 0 Å². The molecule has 28 heavy (non-hydrogen) atoms. The molecule has 4 aromatic rings. The van der Waals surface area contributed by atoms with E-state index in [9.17, 15) is 14.3 Å². The second-order valence-electron chi connectivity index (χ2n) is 6.71. The maximum Gasteiger partial charge on any atom is 0.258 e. The number of fused-ring (bicyclic) bond motifs is 1. The Kier molecular flexibility index (Phi) is 4.65. The Morgan fingerprint density at radius 1 is 1.00 bits per heavy atom. The minimum absolute atomic E-state index is 0.0214. The Morgan fingerprint density at radius 3 is 2.39 bits per heavy atom. The molecule has 0 fully saturated rings. The molecular weight excluding hydrogens is 377 g/mol. The number of rotatable bonds is 3. The van der Waals surface area contributed by atoms with Crippen LogP contribution in [0, 0.1) is 5.82 Å². The lowest BCUT2D eigenvalue weighted by molar-refractivity contribution is 0.473. The molecule has 3 aromatic carbocycles. The fourth-order valence-electron chi connectivity index (χ4n) is 3.40. The van der Waals surface area contributed by atoms with E-state index in [1.54, 1.807) is 29.8 Å². The zero-order chi connectivity index (χ0) is 19.8. The number of pyridine rings is 1. The molecule has 1 heterocycles. The summed E-state index contributed by atoms with van der Waals surface area (Å²) >= 11 is 5.86. The van der Waals surface area contributed by atoms with Gasteiger partial charge < -0.3 is 9.67 Å². The smallest absolute Gasteiger partial charge is 0.258 e. The number of hydrogen-bond acceptors (Lipinski definition) is 2. The molecule has 1 aromatic heterocycles. The number of aromatic nitrogens is 1.